The van der Waals surface area contributed by atoms with Crippen LogP contribution in [-0.2, 0) is 0 Å². The number of amides is 2. The van der Waals surface area contributed by atoms with Crippen molar-refractivity contribution in [1.29, 1.82) is 0 Å². The number of nitrogens with one attached hydrogen (secondary N) is 2. The van der Waals surface area contributed by atoms with Crippen molar-refractivity contribution in [2.75, 3.05) is 10.6 Å². The SMILES string of the molecule is CC(C)Oc1nc(-c2cccc(F)c2)n(-c2cccc(NC(=O)Nc3cccc(Cl)c3)c2)n1. The van der Waals surface area contributed by atoms with Crippen LogP contribution in [0.3, 0.4) is 0 Å². The predicted molar refractivity (Wildman–Crippen MR) is 127 cm³/mol. The molecule has 2 amide bonds. The Bertz CT molecular complexity index is 1290. The number of nitrogens with zero attached hydrogens (tertiary/aromatic N) is 3. The molecule has 2 N–H and O–H groups in total. The van der Waals surface area contributed by atoms with E-state index in [2.05, 4.69) is 20.7 Å². The van der Waals surface area contributed by atoms with Crippen LogP contribution in [0.25, 0.3) is 17.1 Å². The standard InChI is InChI=1S/C24H21ClFN5O2/c1-15(2)33-24-29-22(16-6-3-8-18(26)12-16)31(30-24)21-11-5-10-20(14-21)28-23(32)27-19-9-4-7-17(25)13-19/h3-15H,1-2H3,(H2,27,28,32). The number of aromatic nitrogens is 3. The number of hydrogen-bond donors (Lipinski definition) is 2. The Morgan fingerprint density at radius 3 is 2.39 bits per heavy atom. The number of carbonyl (C=O) groups is 1. The molecule has 0 fully saturated rings. The summed E-state index contributed by atoms with van der Waals surface area (Å²) in [6, 6.07) is 19.7. The van der Waals surface area contributed by atoms with E-state index in [1.807, 2.05) is 13.8 Å². The molecule has 0 saturated carbocycles. The number of carbonyl (C=O) groups excluding carboxylic acids is 1. The number of anilines is 2. The molecule has 0 aliphatic rings. The number of benzene rings is 3. The van der Waals surface area contributed by atoms with Crippen molar-refractivity contribution in [2.45, 2.75) is 20.0 Å². The van der Waals surface area contributed by atoms with Gasteiger partial charge < -0.3 is 15.4 Å². The van der Waals surface area contributed by atoms with Crippen molar-refractivity contribution in [3.8, 4) is 23.1 Å². The highest BCUT2D eigenvalue weighted by Gasteiger charge is 2.17. The molecule has 0 bridgehead atoms. The third kappa shape index (κ3) is 5.67. The molecule has 7 nitrogen and oxygen atoms in total. The molecule has 0 spiro atoms. The summed E-state index contributed by atoms with van der Waals surface area (Å²) in [6.07, 6.45) is -0.135. The minimum absolute atomic E-state index is 0.135. The number of rotatable bonds is 6. The molecule has 0 radical (unpaired) electrons. The molecule has 1 heterocycles. The van der Waals surface area contributed by atoms with E-state index in [0.29, 0.717) is 33.5 Å². The fourth-order valence-corrected chi connectivity index (χ4v) is 3.31. The molecular formula is C24H21ClFN5O2. The van der Waals surface area contributed by atoms with E-state index in [1.165, 1.54) is 12.1 Å². The van der Waals surface area contributed by atoms with E-state index in [4.69, 9.17) is 16.3 Å². The Morgan fingerprint density at radius 1 is 1.00 bits per heavy atom. The largest absolute Gasteiger partial charge is 0.460 e. The van der Waals surface area contributed by atoms with E-state index < -0.39 is 6.03 Å². The van der Waals surface area contributed by atoms with Crippen LogP contribution in [0, 0.1) is 5.82 Å². The lowest BCUT2D eigenvalue weighted by molar-refractivity contribution is 0.222. The average Bonchev–Trinajstić information content (AvgIpc) is 3.17. The van der Waals surface area contributed by atoms with Gasteiger partial charge in [0.2, 0.25) is 0 Å². The van der Waals surface area contributed by atoms with Gasteiger partial charge in [-0.25, -0.2) is 13.9 Å². The molecule has 9 heteroatoms. The number of hydrogen-bond acceptors (Lipinski definition) is 4. The van der Waals surface area contributed by atoms with Crippen LogP contribution in [0.15, 0.2) is 72.8 Å². The monoisotopic (exact) mass is 465 g/mol. The number of urea groups is 1. The molecule has 4 aromatic rings. The second kappa shape index (κ2) is 9.70. The molecule has 0 aliphatic heterocycles. The van der Waals surface area contributed by atoms with Crippen molar-refractivity contribution in [3.63, 3.8) is 0 Å². The molecule has 4 rings (SSSR count). The molecule has 0 unspecified atom stereocenters. The van der Waals surface area contributed by atoms with Gasteiger partial charge in [-0.1, -0.05) is 35.9 Å². The van der Waals surface area contributed by atoms with Crippen LogP contribution in [0.4, 0.5) is 20.6 Å². The highest BCUT2D eigenvalue weighted by molar-refractivity contribution is 6.30. The van der Waals surface area contributed by atoms with Gasteiger partial charge in [-0.2, -0.15) is 4.98 Å². The fourth-order valence-electron chi connectivity index (χ4n) is 3.12. The minimum Gasteiger partial charge on any atom is -0.460 e. The van der Waals surface area contributed by atoms with Crippen LogP contribution in [0.2, 0.25) is 5.02 Å². The average molecular weight is 466 g/mol. The van der Waals surface area contributed by atoms with Gasteiger partial charge in [-0.3, -0.25) is 0 Å². The van der Waals surface area contributed by atoms with Crippen LogP contribution < -0.4 is 15.4 Å². The normalized spacial score (nSPS) is 10.8. The molecule has 0 aliphatic carbocycles. The summed E-state index contributed by atoms with van der Waals surface area (Å²) in [7, 11) is 0. The summed E-state index contributed by atoms with van der Waals surface area (Å²) in [5.74, 6) is 0.0205. The smallest absolute Gasteiger partial charge is 0.336 e. The zero-order valence-electron chi connectivity index (χ0n) is 17.9. The van der Waals surface area contributed by atoms with Crippen LogP contribution >= 0.6 is 11.6 Å². The second-order valence-electron chi connectivity index (χ2n) is 7.45. The lowest BCUT2D eigenvalue weighted by atomic mass is 10.2. The predicted octanol–water partition coefficient (Wildman–Crippen LogP) is 6.16. The van der Waals surface area contributed by atoms with Crippen molar-refractivity contribution >= 4 is 29.0 Å². The van der Waals surface area contributed by atoms with E-state index in [0.717, 1.165) is 0 Å². The Labute approximate surface area is 195 Å². The summed E-state index contributed by atoms with van der Waals surface area (Å²) < 4.78 is 21.1. The lowest BCUT2D eigenvalue weighted by Crippen LogP contribution is -2.19. The number of halogens is 2. The van der Waals surface area contributed by atoms with Gasteiger partial charge in [-0.15, -0.1) is 5.10 Å². The third-order valence-electron chi connectivity index (χ3n) is 4.44. The Morgan fingerprint density at radius 2 is 1.70 bits per heavy atom. The molecule has 1 aromatic heterocycles. The maximum atomic E-state index is 13.9. The lowest BCUT2D eigenvalue weighted by Gasteiger charge is -2.10. The Balaban J connectivity index is 1.63. The van der Waals surface area contributed by atoms with E-state index in [-0.39, 0.29) is 17.9 Å². The zero-order valence-corrected chi connectivity index (χ0v) is 18.7. The maximum Gasteiger partial charge on any atom is 0.336 e. The first kappa shape index (κ1) is 22.3. The molecular weight excluding hydrogens is 445 g/mol. The van der Waals surface area contributed by atoms with Gasteiger partial charge in [0.1, 0.15) is 5.82 Å². The van der Waals surface area contributed by atoms with Gasteiger partial charge in [0, 0.05) is 22.0 Å². The summed E-state index contributed by atoms with van der Waals surface area (Å²) >= 11 is 5.96. The third-order valence-corrected chi connectivity index (χ3v) is 4.68. The van der Waals surface area contributed by atoms with Crippen molar-refractivity contribution in [3.05, 3.63) is 83.6 Å². The van der Waals surface area contributed by atoms with Gasteiger partial charge in [0.05, 0.1) is 11.8 Å². The van der Waals surface area contributed by atoms with E-state index in [9.17, 15) is 9.18 Å². The van der Waals surface area contributed by atoms with Crippen LogP contribution in [0.5, 0.6) is 6.01 Å². The molecule has 168 valence electrons. The summed E-state index contributed by atoms with van der Waals surface area (Å²) in [5, 5.41) is 10.5. The van der Waals surface area contributed by atoms with E-state index >= 15 is 0 Å². The maximum absolute atomic E-state index is 13.9. The highest BCUT2D eigenvalue weighted by atomic mass is 35.5. The number of ether oxygens (including phenoxy) is 1. The second-order valence-corrected chi connectivity index (χ2v) is 7.88. The molecule has 0 saturated heterocycles. The van der Waals surface area contributed by atoms with Gasteiger partial charge in [0.15, 0.2) is 5.82 Å². The Hall–Kier alpha value is -3.91. The molecule has 0 atom stereocenters. The minimum atomic E-state index is -0.429. The fraction of sp³-hybridized carbons (Fsp3) is 0.125. The van der Waals surface area contributed by atoms with Gasteiger partial charge in [-0.05, 0) is 62.4 Å². The van der Waals surface area contributed by atoms with Crippen molar-refractivity contribution < 1.29 is 13.9 Å². The van der Waals surface area contributed by atoms with Crippen LogP contribution in [0.1, 0.15) is 13.8 Å². The first-order valence-corrected chi connectivity index (χ1v) is 10.6. The first-order valence-electron chi connectivity index (χ1n) is 10.2. The highest BCUT2D eigenvalue weighted by Crippen LogP contribution is 2.26. The summed E-state index contributed by atoms with van der Waals surface area (Å²) in [5.41, 5.74) is 2.24. The Kier molecular flexibility index (Phi) is 6.55. The van der Waals surface area contributed by atoms with Gasteiger partial charge >= 0.3 is 12.0 Å². The summed E-state index contributed by atoms with van der Waals surface area (Å²) in [6.45, 7) is 3.73. The van der Waals surface area contributed by atoms with Crippen LogP contribution in [-0.4, -0.2) is 26.9 Å². The topological polar surface area (TPSA) is 81.1 Å². The van der Waals surface area contributed by atoms with Gasteiger partial charge in [0.25, 0.3) is 0 Å². The van der Waals surface area contributed by atoms with Crippen molar-refractivity contribution in [1.82, 2.24) is 14.8 Å². The van der Waals surface area contributed by atoms with Crippen molar-refractivity contribution in [2.24, 2.45) is 0 Å². The zero-order chi connectivity index (χ0) is 23.4. The summed E-state index contributed by atoms with van der Waals surface area (Å²) in [4.78, 5) is 16.9. The van der Waals surface area contributed by atoms with E-state index in [1.54, 1.807) is 65.3 Å². The molecule has 33 heavy (non-hydrogen) atoms. The molecule has 3 aromatic carbocycles. The quantitative estimate of drug-likeness (QED) is 0.357. The first-order chi connectivity index (χ1) is 15.9.